The van der Waals surface area contributed by atoms with Gasteiger partial charge in [0.05, 0.1) is 41.3 Å². The number of halogens is 1. The van der Waals surface area contributed by atoms with Crippen molar-refractivity contribution in [3.8, 4) is 0 Å². The molecule has 0 spiro atoms. The molecule has 1 aliphatic heterocycles. The van der Waals surface area contributed by atoms with Gasteiger partial charge in [-0.05, 0) is 30.7 Å². The van der Waals surface area contributed by atoms with Gasteiger partial charge < -0.3 is 19.7 Å². The molecule has 1 fully saturated rings. The topological polar surface area (TPSA) is 76.4 Å². The van der Waals surface area contributed by atoms with E-state index in [9.17, 15) is 14.3 Å². The second-order valence-electron chi connectivity index (χ2n) is 5.98. The van der Waals surface area contributed by atoms with Gasteiger partial charge in [0, 0.05) is 24.4 Å². The fourth-order valence-corrected chi connectivity index (χ4v) is 3.20. The number of carbonyl (C=O) groups is 1. The van der Waals surface area contributed by atoms with Crippen LogP contribution in [0.5, 0.6) is 0 Å². The number of aromatic carboxylic acids is 1. The quantitative estimate of drug-likeness (QED) is 0.758. The maximum absolute atomic E-state index is 13.8. The molecule has 0 bridgehead atoms. The van der Waals surface area contributed by atoms with E-state index in [1.54, 1.807) is 6.07 Å². The number of carboxylic acids is 1. The lowest BCUT2D eigenvalue weighted by molar-refractivity contribution is 0.0698. The normalized spacial score (nSPS) is 17.1. The molecule has 0 radical (unpaired) electrons. The number of benzene rings is 1. The summed E-state index contributed by atoms with van der Waals surface area (Å²) in [6.45, 7) is 1.30. The van der Waals surface area contributed by atoms with E-state index in [1.165, 1.54) is 30.6 Å². The van der Waals surface area contributed by atoms with Gasteiger partial charge in [-0.15, -0.1) is 0 Å². The lowest BCUT2D eigenvalue weighted by atomic mass is 10.2. The van der Waals surface area contributed by atoms with Gasteiger partial charge in [0.2, 0.25) is 0 Å². The molecule has 3 heterocycles. The number of pyridine rings is 1. The number of ether oxygens (including phenoxy) is 1. The molecule has 1 aromatic carbocycles. The van der Waals surface area contributed by atoms with Crippen LogP contribution in [0.25, 0.3) is 10.9 Å². The standard InChI is InChI=1S/C18H16FN3O3/c19-11-1-2-17-14(7-11)16(9-22(17)12-4-6-25-10-12)21-15-8-20-5-3-13(15)18(23)24/h1-3,5,7-9,12,21H,4,6,10H2,(H,23,24)/t12-/m0/s1. The molecule has 7 heteroatoms. The first-order chi connectivity index (χ1) is 12.1. The minimum Gasteiger partial charge on any atom is -0.478 e. The number of anilines is 2. The smallest absolute Gasteiger partial charge is 0.337 e. The van der Waals surface area contributed by atoms with E-state index in [4.69, 9.17) is 4.74 Å². The highest BCUT2D eigenvalue weighted by Crippen LogP contribution is 2.34. The predicted octanol–water partition coefficient (Wildman–Crippen LogP) is 3.58. The van der Waals surface area contributed by atoms with Gasteiger partial charge in [0.25, 0.3) is 0 Å². The van der Waals surface area contributed by atoms with E-state index in [0.717, 1.165) is 11.9 Å². The Morgan fingerprint density at radius 1 is 1.36 bits per heavy atom. The van der Waals surface area contributed by atoms with Crippen molar-refractivity contribution in [3.05, 3.63) is 54.2 Å². The van der Waals surface area contributed by atoms with E-state index < -0.39 is 5.97 Å². The minimum absolute atomic E-state index is 0.108. The van der Waals surface area contributed by atoms with Crippen LogP contribution in [-0.2, 0) is 4.74 Å². The Morgan fingerprint density at radius 3 is 3.00 bits per heavy atom. The summed E-state index contributed by atoms with van der Waals surface area (Å²) in [7, 11) is 0. The highest BCUT2D eigenvalue weighted by atomic mass is 19.1. The molecular formula is C18H16FN3O3. The van der Waals surface area contributed by atoms with E-state index >= 15 is 0 Å². The summed E-state index contributed by atoms with van der Waals surface area (Å²) in [5.74, 6) is -1.40. The molecule has 1 atom stereocenters. The number of fused-ring (bicyclic) bond motifs is 1. The van der Waals surface area contributed by atoms with Crippen LogP contribution in [0, 0.1) is 5.82 Å². The Kier molecular flexibility index (Phi) is 3.85. The third-order valence-corrected chi connectivity index (χ3v) is 4.41. The third kappa shape index (κ3) is 2.83. The van der Waals surface area contributed by atoms with Gasteiger partial charge in [-0.1, -0.05) is 0 Å². The van der Waals surface area contributed by atoms with Crippen LogP contribution in [0.2, 0.25) is 0 Å². The molecule has 128 valence electrons. The molecule has 2 aromatic heterocycles. The zero-order valence-corrected chi connectivity index (χ0v) is 13.3. The van der Waals surface area contributed by atoms with E-state index in [1.807, 2.05) is 6.20 Å². The number of nitrogens with zero attached hydrogens (tertiary/aromatic N) is 2. The summed E-state index contributed by atoms with van der Waals surface area (Å²) in [4.78, 5) is 15.4. The van der Waals surface area contributed by atoms with Crippen molar-refractivity contribution in [2.24, 2.45) is 0 Å². The van der Waals surface area contributed by atoms with Crippen molar-refractivity contribution >= 4 is 28.2 Å². The summed E-state index contributed by atoms with van der Waals surface area (Å²) in [6, 6.07) is 6.20. The maximum atomic E-state index is 13.8. The summed E-state index contributed by atoms with van der Waals surface area (Å²) < 4.78 is 21.3. The summed E-state index contributed by atoms with van der Waals surface area (Å²) in [6.07, 6.45) is 5.63. The van der Waals surface area contributed by atoms with Gasteiger partial charge in [0.15, 0.2) is 0 Å². The lowest BCUT2D eigenvalue weighted by Crippen LogP contribution is -2.07. The van der Waals surface area contributed by atoms with Crippen molar-refractivity contribution < 1.29 is 19.0 Å². The van der Waals surface area contributed by atoms with Gasteiger partial charge in [-0.25, -0.2) is 9.18 Å². The molecule has 0 amide bonds. The monoisotopic (exact) mass is 341 g/mol. The fourth-order valence-electron chi connectivity index (χ4n) is 3.20. The van der Waals surface area contributed by atoms with Gasteiger partial charge >= 0.3 is 5.97 Å². The highest BCUT2D eigenvalue weighted by Gasteiger charge is 2.21. The van der Waals surface area contributed by atoms with Crippen molar-refractivity contribution in [2.75, 3.05) is 18.5 Å². The van der Waals surface area contributed by atoms with Crippen LogP contribution in [0.15, 0.2) is 42.9 Å². The summed E-state index contributed by atoms with van der Waals surface area (Å²) >= 11 is 0. The van der Waals surface area contributed by atoms with Gasteiger partial charge in [-0.2, -0.15) is 0 Å². The molecular weight excluding hydrogens is 325 g/mol. The second-order valence-corrected chi connectivity index (χ2v) is 5.98. The van der Waals surface area contributed by atoms with Gasteiger partial charge in [0.1, 0.15) is 5.82 Å². The van der Waals surface area contributed by atoms with E-state index in [0.29, 0.717) is 30.0 Å². The minimum atomic E-state index is -1.05. The first-order valence-electron chi connectivity index (χ1n) is 7.95. The van der Waals surface area contributed by atoms with Crippen LogP contribution in [0.3, 0.4) is 0 Å². The third-order valence-electron chi connectivity index (χ3n) is 4.41. The zero-order chi connectivity index (χ0) is 17.4. The molecule has 4 rings (SSSR count). The molecule has 3 aromatic rings. The van der Waals surface area contributed by atoms with Crippen LogP contribution in [0.4, 0.5) is 15.8 Å². The molecule has 0 saturated carbocycles. The van der Waals surface area contributed by atoms with Crippen LogP contribution >= 0.6 is 0 Å². The van der Waals surface area contributed by atoms with Crippen molar-refractivity contribution in [1.29, 1.82) is 0 Å². The lowest BCUT2D eigenvalue weighted by Gasteiger charge is -2.11. The van der Waals surface area contributed by atoms with E-state index in [2.05, 4.69) is 14.9 Å². The van der Waals surface area contributed by atoms with Crippen LogP contribution in [-0.4, -0.2) is 33.8 Å². The number of rotatable bonds is 4. The first kappa shape index (κ1) is 15.6. The number of hydrogen-bond acceptors (Lipinski definition) is 4. The van der Waals surface area contributed by atoms with Crippen molar-refractivity contribution in [3.63, 3.8) is 0 Å². The van der Waals surface area contributed by atoms with Crippen molar-refractivity contribution in [2.45, 2.75) is 12.5 Å². The zero-order valence-electron chi connectivity index (χ0n) is 13.3. The fraction of sp³-hybridized carbons (Fsp3) is 0.222. The van der Waals surface area contributed by atoms with Crippen molar-refractivity contribution in [1.82, 2.24) is 9.55 Å². The Morgan fingerprint density at radius 2 is 2.24 bits per heavy atom. The molecule has 0 aliphatic carbocycles. The first-order valence-corrected chi connectivity index (χ1v) is 7.95. The largest absolute Gasteiger partial charge is 0.478 e. The average Bonchev–Trinajstić information content (AvgIpc) is 3.23. The molecule has 0 unspecified atom stereocenters. The Hall–Kier alpha value is -2.93. The maximum Gasteiger partial charge on any atom is 0.337 e. The SMILES string of the molecule is O=C(O)c1ccncc1Nc1cn([C@H]2CCOC2)c2ccc(F)cc12. The van der Waals surface area contributed by atoms with Gasteiger partial charge in [-0.3, -0.25) is 4.98 Å². The Bertz CT molecular complexity index is 948. The average molecular weight is 341 g/mol. The van der Waals surface area contributed by atoms with E-state index in [-0.39, 0.29) is 17.4 Å². The summed E-state index contributed by atoms with van der Waals surface area (Å²) in [5, 5.41) is 13.1. The molecule has 1 aliphatic rings. The Balaban J connectivity index is 1.82. The van der Waals surface area contributed by atoms with Crippen LogP contribution < -0.4 is 5.32 Å². The predicted molar refractivity (Wildman–Crippen MR) is 90.8 cm³/mol. The number of nitrogens with one attached hydrogen (secondary N) is 1. The number of hydrogen-bond donors (Lipinski definition) is 2. The highest BCUT2D eigenvalue weighted by molar-refractivity contribution is 5.99. The number of carboxylic acid groups (broad SMARTS) is 1. The second kappa shape index (κ2) is 6.18. The summed E-state index contributed by atoms with van der Waals surface area (Å²) in [5.41, 5.74) is 1.98. The molecule has 2 N–H and O–H groups in total. The number of aromatic nitrogens is 2. The Labute approximate surface area is 142 Å². The molecule has 1 saturated heterocycles. The molecule has 25 heavy (non-hydrogen) atoms. The molecule has 6 nitrogen and oxygen atoms in total. The van der Waals surface area contributed by atoms with Crippen LogP contribution in [0.1, 0.15) is 22.8 Å².